The van der Waals surface area contributed by atoms with Crippen LogP contribution >= 0.6 is 23.2 Å². The van der Waals surface area contributed by atoms with Crippen LogP contribution in [0.15, 0.2) is 42.5 Å². The summed E-state index contributed by atoms with van der Waals surface area (Å²) in [6.07, 6.45) is 2.65. The normalized spacial score (nSPS) is 17.0. The highest BCUT2D eigenvalue weighted by atomic mass is 35.5. The largest absolute Gasteiger partial charge is 0.342 e. The quantitative estimate of drug-likeness (QED) is 0.532. The first-order chi connectivity index (χ1) is 13.6. The number of aromatic nitrogens is 2. The number of carbonyl (C=O) groups excluding carboxylic acids is 1. The minimum Gasteiger partial charge on any atom is -0.342 e. The van der Waals surface area contributed by atoms with Gasteiger partial charge in [0.05, 0.1) is 21.1 Å². The first-order valence-electron chi connectivity index (χ1n) is 9.73. The molecular weight excluding hydrogens is 393 g/mol. The van der Waals surface area contributed by atoms with Crippen LogP contribution in [-0.2, 0) is 11.3 Å². The van der Waals surface area contributed by atoms with Gasteiger partial charge in [0, 0.05) is 32.0 Å². The van der Waals surface area contributed by atoms with Gasteiger partial charge in [0.15, 0.2) is 0 Å². The molecule has 4 rings (SSSR count). The summed E-state index contributed by atoms with van der Waals surface area (Å²) in [4.78, 5) is 19.4. The Labute approximate surface area is 175 Å². The molecule has 1 amide bonds. The summed E-state index contributed by atoms with van der Waals surface area (Å²) in [5.41, 5.74) is 3.09. The Bertz CT molecular complexity index is 1010. The molecule has 1 aromatic heterocycles. The van der Waals surface area contributed by atoms with Gasteiger partial charge in [-0.3, -0.25) is 4.79 Å². The first-order valence-corrected chi connectivity index (χ1v) is 10.5. The van der Waals surface area contributed by atoms with E-state index in [0.717, 1.165) is 48.4 Å². The minimum atomic E-state index is 0.111. The highest BCUT2D eigenvalue weighted by Gasteiger charge is 2.33. The molecule has 1 atom stereocenters. The maximum atomic E-state index is 12.5. The number of amides is 1. The Kier molecular flexibility index (Phi) is 5.61. The van der Waals surface area contributed by atoms with Gasteiger partial charge in [0.2, 0.25) is 5.91 Å². The summed E-state index contributed by atoms with van der Waals surface area (Å²) in [5, 5.41) is 1.10. The van der Waals surface area contributed by atoms with Crippen LogP contribution in [0.5, 0.6) is 0 Å². The van der Waals surface area contributed by atoms with Crippen molar-refractivity contribution in [1.29, 1.82) is 0 Å². The summed E-state index contributed by atoms with van der Waals surface area (Å²) in [6.45, 7) is 4.36. The Morgan fingerprint density at radius 1 is 1.14 bits per heavy atom. The van der Waals surface area contributed by atoms with E-state index in [1.165, 1.54) is 0 Å². The fourth-order valence-corrected chi connectivity index (χ4v) is 4.22. The SMILES string of the molecule is CCCCN1C[C@@H](c2nc3ccccc3n2Cc2ccc(Cl)c(Cl)c2)CC1=O. The summed E-state index contributed by atoms with van der Waals surface area (Å²) < 4.78 is 2.22. The fraction of sp³-hybridized carbons (Fsp3) is 0.364. The standard InChI is InChI=1S/C22H23Cl2N3O/c1-2-3-10-26-14-16(12-21(26)28)22-25-19-6-4-5-7-20(19)27(22)13-15-8-9-17(23)18(24)11-15/h4-9,11,16H,2-3,10,12-14H2,1H3/t16-/m0/s1. The van der Waals surface area contributed by atoms with E-state index in [-0.39, 0.29) is 11.8 Å². The lowest BCUT2D eigenvalue weighted by atomic mass is 10.1. The maximum Gasteiger partial charge on any atom is 0.223 e. The van der Waals surface area contributed by atoms with Crippen molar-refractivity contribution >= 4 is 40.1 Å². The zero-order valence-electron chi connectivity index (χ0n) is 15.9. The van der Waals surface area contributed by atoms with Crippen LogP contribution in [0.1, 0.15) is 43.5 Å². The molecule has 0 bridgehead atoms. The molecule has 0 saturated carbocycles. The average Bonchev–Trinajstić information content (AvgIpc) is 3.24. The number of para-hydroxylation sites is 2. The number of likely N-dealkylation sites (tertiary alicyclic amines) is 1. The third kappa shape index (κ3) is 3.76. The van der Waals surface area contributed by atoms with Crippen LogP contribution in [0.2, 0.25) is 10.0 Å². The number of rotatable bonds is 6. The molecule has 28 heavy (non-hydrogen) atoms. The Balaban J connectivity index is 1.69. The van der Waals surface area contributed by atoms with Gasteiger partial charge in [0.1, 0.15) is 5.82 Å². The second-order valence-electron chi connectivity index (χ2n) is 7.39. The van der Waals surface area contributed by atoms with E-state index < -0.39 is 0 Å². The topological polar surface area (TPSA) is 38.1 Å². The zero-order chi connectivity index (χ0) is 19.7. The number of imidazole rings is 1. The van der Waals surface area contributed by atoms with Crippen LogP contribution in [0.4, 0.5) is 0 Å². The van der Waals surface area contributed by atoms with Crippen molar-refractivity contribution in [2.75, 3.05) is 13.1 Å². The van der Waals surface area contributed by atoms with E-state index in [1.807, 2.05) is 41.3 Å². The first kappa shape index (κ1) is 19.3. The maximum absolute atomic E-state index is 12.5. The van der Waals surface area contributed by atoms with Gasteiger partial charge >= 0.3 is 0 Å². The average molecular weight is 416 g/mol. The van der Waals surface area contributed by atoms with Crippen LogP contribution in [0.25, 0.3) is 11.0 Å². The van der Waals surface area contributed by atoms with Gasteiger partial charge in [-0.15, -0.1) is 0 Å². The predicted octanol–water partition coefficient (Wildman–Crippen LogP) is 5.51. The molecule has 1 fully saturated rings. The zero-order valence-corrected chi connectivity index (χ0v) is 17.4. The van der Waals surface area contributed by atoms with Crippen LogP contribution in [0.3, 0.4) is 0 Å². The number of benzene rings is 2. The van der Waals surface area contributed by atoms with E-state index in [9.17, 15) is 4.79 Å². The lowest BCUT2D eigenvalue weighted by Crippen LogP contribution is -2.26. The van der Waals surface area contributed by atoms with Crippen molar-refractivity contribution < 1.29 is 4.79 Å². The number of hydrogen-bond donors (Lipinski definition) is 0. The van der Waals surface area contributed by atoms with Crippen molar-refractivity contribution in [2.45, 2.75) is 38.6 Å². The number of hydrogen-bond acceptors (Lipinski definition) is 2. The van der Waals surface area contributed by atoms with Gasteiger partial charge in [0.25, 0.3) is 0 Å². The third-order valence-corrected chi connectivity index (χ3v) is 6.11. The summed E-state index contributed by atoms with van der Waals surface area (Å²) in [5.74, 6) is 1.31. The third-order valence-electron chi connectivity index (χ3n) is 5.37. The molecule has 146 valence electrons. The molecule has 0 N–H and O–H groups in total. The molecule has 1 aliphatic rings. The Morgan fingerprint density at radius 2 is 1.96 bits per heavy atom. The second kappa shape index (κ2) is 8.14. The molecule has 3 aromatic rings. The molecule has 0 radical (unpaired) electrons. The molecule has 2 aromatic carbocycles. The van der Waals surface area contributed by atoms with Gasteiger partial charge < -0.3 is 9.47 Å². The van der Waals surface area contributed by atoms with Crippen LogP contribution < -0.4 is 0 Å². The van der Waals surface area contributed by atoms with Crippen LogP contribution in [0, 0.1) is 0 Å². The predicted molar refractivity (Wildman–Crippen MR) is 114 cm³/mol. The lowest BCUT2D eigenvalue weighted by Gasteiger charge is -2.17. The van der Waals surface area contributed by atoms with Gasteiger partial charge in [-0.25, -0.2) is 4.98 Å². The van der Waals surface area contributed by atoms with E-state index in [0.29, 0.717) is 23.0 Å². The molecule has 0 aliphatic carbocycles. The Hall–Kier alpha value is -2.04. The number of fused-ring (bicyclic) bond motifs is 1. The molecule has 1 saturated heterocycles. The van der Waals surface area contributed by atoms with Crippen molar-refractivity contribution in [3.63, 3.8) is 0 Å². The fourth-order valence-electron chi connectivity index (χ4n) is 3.90. The van der Waals surface area contributed by atoms with Gasteiger partial charge in [-0.05, 0) is 36.2 Å². The molecule has 4 nitrogen and oxygen atoms in total. The van der Waals surface area contributed by atoms with E-state index in [1.54, 1.807) is 0 Å². The minimum absolute atomic E-state index is 0.111. The van der Waals surface area contributed by atoms with E-state index in [4.69, 9.17) is 28.2 Å². The smallest absolute Gasteiger partial charge is 0.223 e. The molecule has 0 spiro atoms. The monoisotopic (exact) mass is 415 g/mol. The van der Waals surface area contributed by atoms with Gasteiger partial charge in [-0.2, -0.15) is 0 Å². The summed E-state index contributed by atoms with van der Waals surface area (Å²) >= 11 is 12.3. The number of nitrogens with zero attached hydrogens (tertiary/aromatic N) is 3. The molecular formula is C22H23Cl2N3O. The second-order valence-corrected chi connectivity index (χ2v) is 8.20. The van der Waals surface area contributed by atoms with Crippen LogP contribution in [-0.4, -0.2) is 33.4 Å². The Morgan fingerprint density at radius 3 is 2.75 bits per heavy atom. The van der Waals surface area contributed by atoms with Crippen molar-refractivity contribution in [3.05, 3.63) is 63.9 Å². The number of carbonyl (C=O) groups is 1. The summed E-state index contributed by atoms with van der Waals surface area (Å²) in [6, 6.07) is 13.8. The highest BCUT2D eigenvalue weighted by molar-refractivity contribution is 6.42. The number of halogens is 2. The molecule has 6 heteroatoms. The summed E-state index contributed by atoms with van der Waals surface area (Å²) in [7, 11) is 0. The highest BCUT2D eigenvalue weighted by Crippen LogP contribution is 2.32. The molecule has 1 aliphatic heterocycles. The van der Waals surface area contributed by atoms with Crippen molar-refractivity contribution in [3.8, 4) is 0 Å². The molecule has 2 heterocycles. The number of unbranched alkanes of at least 4 members (excludes halogenated alkanes) is 1. The van der Waals surface area contributed by atoms with Crippen molar-refractivity contribution in [1.82, 2.24) is 14.5 Å². The van der Waals surface area contributed by atoms with Gasteiger partial charge in [-0.1, -0.05) is 54.7 Å². The van der Waals surface area contributed by atoms with E-state index in [2.05, 4.69) is 17.6 Å². The van der Waals surface area contributed by atoms with Crippen molar-refractivity contribution in [2.24, 2.45) is 0 Å². The van der Waals surface area contributed by atoms with E-state index >= 15 is 0 Å². The molecule has 0 unspecified atom stereocenters. The lowest BCUT2D eigenvalue weighted by molar-refractivity contribution is -0.127.